The number of hydrogen-bond acceptors (Lipinski definition) is 5. The van der Waals surface area contributed by atoms with Gasteiger partial charge in [0, 0.05) is 24.2 Å². The molecule has 1 aliphatic rings. The lowest BCUT2D eigenvalue weighted by atomic mass is 9.95. The van der Waals surface area contributed by atoms with Gasteiger partial charge in [-0.25, -0.2) is 4.79 Å². The molecule has 2 aromatic rings. The fraction of sp³-hybridized carbons (Fsp3) is 0.500. The van der Waals surface area contributed by atoms with E-state index < -0.39 is 0 Å². The summed E-state index contributed by atoms with van der Waals surface area (Å²) >= 11 is 13.0. The predicted octanol–water partition coefficient (Wildman–Crippen LogP) is 3.95. The minimum Gasteiger partial charge on any atom is -0.465 e. The van der Waals surface area contributed by atoms with Crippen molar-refractivity contribution < 1.29 is 9.53 Å². The second-order valence-electron chi connectivity index (χ2n) is 6.47. The van der Waals surface area contributed by atoms with E-state index in [9.17, 15) is 4.79 Å². The van der Waals surface area contributed by atoms with E-state index in [4.69, 9.17) is 28.6 Å². The number of hydrogen-bond donors (Lipinski definition) is 2. The summed E-state index contributed by atoms with van der Waals surface area (Å²) in [6.45, 7) is 3.33. The molecule has 0 atom stereocenters. The third kappa shape index (κ3) is 4.80. The summed E-state index contributed by atoms with van der Waals surface area (Å²) in [5.41, 5.74) is 2.59. The number of nitrogens with zero attached hydrogens (tertiary/aromatic N) is 2. The van der Waals surface area contributed by atoms with Gasteiger partial charge in [-0.3, -0.25) is 4.68 Å². The highest BCUT2D eigenvalue weighted by molar-refractivity contribution is 7.80. The maximum absolute atomic E-state index is 12.3. The quantitative estimate of drug-likeness (QED) is 0.414. The molecule has 0 spiro atoms. The normalized spacial score (nSPS) is 13.1. The monoisotopic (exact) mass is 426 g/mol. The van der Waals surface area contributed by atoms with Gasteiger partial charge >= 0.3 is 5.97 Å². The molecular formula is C18H23ClN4O2S2. The second kappa shape index (κ2) is 9.03. The molecule has 2 aromatic heterocycles. The van der Waals surface area contributed by atoms with Crippen molar-refractivity contribution in [3.05, 3.63) is 32.9 Å². The maximum Gasteiger partial charge on any atom is 0.341 e. The Kier molecular flexibility index (Phi) is 6.73. The lowest BCUT2D eigenvalue weighted by Crippen LogP contribution is -2.30. The predicted molar refractivity (Wildman–Crippen MR) is 113 cm³/mol. The maximum atomic E-state index is 12.3. The molecule has 1 aliphatic carbocycles. The number of anilines is 1. The van der Waals surface area contributed by atoms with Crippen LogP contribution in [0, 0.1) is 6.92 Å². The van der Waals surface area contributed by atoms with Crippen molar-refractivity contribution in [1.29, 1.82) is 0 Å². The Hall–Kier alpha value is -1.64. The number of rotatable bonds is 6. The molecule has 3 rings (SSSR count). The summed E-state index contributed by atoms with van der Waals surface area (Å²) in [5.74, 6) is -0.300. The van der Waals surface area contributed by atoms with Gasteiger partial charge < -0.3 is 15.4 Å². The molecule has 9 heteroatoms. The van der Waals surface area contributed by atoms with Crippen LogP contribution in [0.4, 0.5) is 5.00 Å². The third-order valence-electron chi connectivity index (χ3n) is 4.52. The van der Waals surface area contributed by atoms with Gasteiger partial charge in [-0.1, -0.05) is 11.6 Å². The fourth-order valence-electron chi connectivity index (χ4n) is 3.17. The van der Waals surface area contributed by atoms with Gasteiger partial charge in [-0.15, -0.1) is 11.3 Å². The molecule has 0 bridgehead atoms. The van der Waals surface area contributed by atoms with Crippen LogP contribution in [-0.4, -0.2) is 34.5 Å². The lowest BCUT2D eigenvalue weighted by Gasteiger charge is -2.12. The fourth-order valence-corrected chi connectivity index (χ4v) is 4.87. The topological polar surface area (TPSA) is 68.2 Å². The van der Waals surface area contributed by atoms with Gasteiger partial charge in [0.15, 0.2) is 5.11 Å². The highest BCUT2D eigenvalue weighted by Crippen LogP contribution is 2.38. The van der Waals surface area contributed by atoms with Gasteiger partial charge in [-0.2, -0.15) is 5.10 Å². The molecule has 0 aliphatic heterocycles. The minimum atomic E-state index is -0.300. The Morgan fingerprint density at radius 2 is 2.22 bits per heavy atom. The summed E-state index contributed by atoms with van der Waals surface area (Å²) in [7, 11) is 1.42. The first-order chi connectivity index (χ1) is 13.0. The van der Waals surface area contributed by atoms with E-state index in [0.717, 1.165) is 54.9 Å². The zero-order valence-electron chi connectivity index (χ0n) is 15.4. The van der Waals surface area contributed by atoms with E-state index in [0.29, 0.717) is 22.2 Å². The molecule has 146 valence electrons. The van der Waals surface area contributed by atoms with Crippen molar-refractivity contribution in [2.45, 2.75) is 45.6 Å². The van der Waals surface area contributed by atoms with Crippen LogP contribution in [0.15, 0.2) is 6.20 Å². The van der Waals surface area contributed by atoms with Crippen molar-refractivity contribution in [2.24, 2.45) is 0 Å². The van der Waals surface area contributed by atoms with Crippen LogP contribution in [0.25, 0.3) is 0 Å². The van der Waals surface area contributed by atoms with E-state index in [2.05, 4.69) is 15.7 Å². The first-order valence-electron chi connectivity index (χ1n) is 8.97. The lowest BCUT2D eigenvalue weighted by molar-refractivity contribution is 0.0601. The largest absolute Gasteiger partial charge is 0.465 e. The number of carbonyl (C=O) groups excluding carboxylic acids is 1. The molecule has 0 fully saturated rings. The highest BCUT2D eigenvalue weighted by atomic mass is 35.5. The Morgan fingerprint density at radius 1 is 1.44 bits per heavy atom. The van der Waals surface area contributed by atoms with Crippen molar-refractivity contribution in [2.75, 3.05) is 19.0 Å². The molecule has 6 nitrogen and oxygen atoms in total. The Labute approximate surface area is 173 Å². The molecule has 0 amide bonds. The number of ether oxygens (including phenoxy) is 1. The van der Waals surface area contributed by atoms with Crippen LogP contribution in [0.3, 0.4) is 0 Å². The van der Waals surface area contributed by atoms with Gasteiger partial charge in [-0.05, 0) is 56.8 Å². The molecule has 0 saturated carbocycles. The number of aryl methyl sites for hydroxylation is 3. The summed E-state index contributed by atoms with van der Waals surface area (Å²) in [5, 5.41) is 12.7. The van der Waals surface area contributed by atoms with E-state index in [-0.39, 0.29) is 5.97 Å². The number of fused-ring (bicyclic) bond motifs is 1. The standard InChI is InChI=1S/C18H23ClN4O2S2/c1-11-13(19)10-23(22-11)9-5-8-20-18(26)21-16-15(17(24)25-2)12-6-3-4-7-14(12)27-16/h10H,3-9H2,1-2H3,(H2,20,21,26). The van der Waals surface area contributed by atoms with Crippen LogP contribution in [0.1, 0.15) is 45.8 Å². The molecule has 27 heavy (non-hydrogen) atoms. The van der Waals surface area contributed by atoms with Gasteiger partial charge in [0.1, 0.15) is 5.00 Å². The molecule has 2 N–H and O–H groups in total. The van der Waals surface area contributed by atoms with Crippen LogP contribution < -0.4 is 10.6 Å². The minimum absolute atomic E-state index is 0.300. The smallest absolute Gasteiger partial charge is 0.341 e. The molecule has 2 heterocycles. The Balaban J connectivity index is 1.56. The number of aromatic nitrogens is 2. The van der Waals surface area contributed by atoms with Crippen LogP contribution >= 0.6 is 35.2 Å². The first kappa shape index (κ1) is 20.1. The van der Waals surface area contributed by atoms with Crippen molar-refractivity contribution >= 4 is 51.2 Å². The number of thiophene rings is 1. The summed E-state index contributed by atoms with van der Waals surface area (Å²) < 4.78 is 6.82. The molecule has 0 aromatic carbocycles. The number of halogens is 1. The van der Waals surface area contributed by atoms with Crippen LogP contribution in [0.2, 0.25) is 5.02 Å². The van der Waals surface area contributed by atoms with E-state index in [1.54, 1.807) is 11.3 Å². The average molecular weight is 427 g/mol. The number of carbonyl (C=O) groups is 1. The number of esters is 1. The van der Waals surface area contributed by atoms with Crippen molar-refractivity contribution in [3.8, 4) is 0 Å². The summed E-state index contributed by atoms with van der Waals surface area (Å²) in [4.78, 5) is 13.5. The van der Waals surface area contributed by atoms with E-state index in [1.165, 1.54) is 12.0 Å². The molecule has 0 radical (unpaired) electrons. The summed E-state index contributed by atoms with van der Waals surface area (Å²) in [6, 6.07) is 0. The van der Waals surface area contributed by atoms with Crippen molar-refractivity contribution in [3.63, 3.8) is 0 Å². The zero-order valence-corrected chi connectivity index (χ0v) is 17.8. The van der Waals surface area contributed by atoms with E-state index in [1.807, 2.05) is 17.8 Å². The zero-order chi connectivity index (χ0) is 19.4. The first-order valence-corrected chi connectivity index (χ1v) is 10.6. The SMILES string of the molecule is COC(=O)c1c(NC(=S)NCCCn2cc(Cl)c(C)n2)sc2c1CCCC2. The highest BCUT2D eigenvalue weighted by Gasteiger charge is 2.26. The van der Waals surface area contributed by atoms with E-state index >= 15 is 0 Å². The van der Waals surface area contributed by atoms with Gasteiger partial charge in [0.05, 0.1) is 23.4 Å². The van der Waals surface area contributed by atoms with Crippen LogP contribution in [-0.2, 0) is 24.1 Å². The summed E-state index contributed by atoms with van der Waals surface area (Å²) in [6.07, 6.45) is 6.87. The average Bonchev–Trinajstić information content (AvgIpc) is 3.17. The molecule has 0 unspecified atom stereocenters. The molecular weight excluding hydrogens is 404 g/mol. The van der Waals surface area contributed by atoms with Gasteiger partial charge in [0.25, 0.3) is 0 Å². The number of methoxy groups -OCH3 is 1. The number of nitrogens with one attached hydrogen (secondary N) is 2. The number of thiocarbonyl (C=S) groups is 1. The molecule has 0 saturated heterocycles. The van der Waals surface area contributed by atoms with Gasteiger partial charge in [0.2, 0.25) is 0 Å². The second-order valence-corrected chi connectivity index (χ2v) is 8.39. The Morgan fingerprint density at radius 3 is 2.93 bits per heavy atom. The van der Waals surface area contributed by atoms with Crippen molar-refractivity contribution in [1.82, 2.24) is 15.1 Å². The Bertz CT molecular complexity index is 827. The van der Waals surface area contributed by atoms with Crippen LogP contribution in [0.5, 0.6) is 0 Å². The third-order valence-corrected chi connectivity index (χ3v) is 6.35.